The largest absolute Gasteiger partial charge is 0.355 e. The van der Waals surface area contributed by atoms with Crippen molar-refractivity contribution >= 4 is 16.8 Å². The fourth-order valence-electron chi connectivity index (χ4n) is 4.19. The summed E-state index contributed by atoms with van der Waals surface area (Å²) in [5.74, 6) is 2.40. The Hall–Kier alpha value is -0.620. The van der Waals surface area contributed by atoms with Gasteiger partial charge in [-0.1, -0.05) is 27.2 Å². The Morgan fingerprint density at radius 3 is 2.76 bits per heavy atom. The molecule has 0 spiro atoms. The van der Waals surface area contributed by atoms with Crippen molar-refractivity contribution in [1.82, 2.24) is 15.5 Å². The van der Waals surface area contributed by atoms with Crippen LogP contribution in [0.2, 0.25) is 0 Å². The third-order valence-electron chi connectivity index (χ3n) is 5.45. The molecule has 1 heterocycles. The predicted molar refractivity (Wildman–Crippen MR) is 109 cm³/mol. The van der Waals surface area contributed by atoms with Crippen LogP contribution < -0.4 is 10.6 Å². The van der Waals surface area contributed by atoms with Crippen LogP contribution in [0.4, 0.5) is 0 Å². The fourth-order valence-corrected chi connectivity index (χ4v) is 5.54. The first-order valence-electron chi connectivity index (χ1n) is 10.1. The molecule has 0 aromatic carbocycles. The highest BCUT2D eigenvalue weighted by molar-refractivity contribution is 7.85. The maximum atomic E-state index is 12.1. The summed E-state index contributed by atoms with van der Waals surface area (Å²) >= 11 is 0. The molecule has 4 atom stereocenters. The number of likely N-dealkylation sites (tertiary alicyclic amines) is 1. The molecular weight excluding hydrogens is 332 g/mol. The summed E-state index contributed by atoms with van der Waals surface area (Å²) in [7, 11) is 1.17. The zero-order valence-electron chi connectivity index (χ0n) is 16.6. The van der Waals surface area contributed by atoms with Crippen molar-refractivity contribution in [2.45, 2.75) is 76.6 Å². The Balaban J connectivity index is 1.79. The lowest BCUT2D eigenvalue weighted by atomic mass is 9.95. The molecule has 6 heteroatoms. The van der Waals surface area contributed by atoms with E-state index in [9.17, 15) is 4.21 Å². The van der Waals surface area contributed by atoms with E-state index >= 15 is 0 Å². The lowest BCUT2D eigenvalue weighted by molar-refractivity contribution is 0.226. The molecule has 2 rings (SSSR count). The SMILES string of the molecule is CCS(=O)C1CCCC(NC(=NC)NC[C@H]2CCCN2CC(C)C)C1. The average molecular weight is 371 g/mol. The first kappa shape index (κ1) is 20.7. The van der Waals surface area contributed by atoms with E-state index in [1.165, 1.54) is 25.9 Å². The summed E-state index contributed by atoms with van der Waals surface area (Å²) in [5, 5.41) is 7.47. The highest BCUT2D eigenvalue weighted by Gasteiger charge is 2.27. The van der Waals surface area contributed by atoms with Gasteiger partial charge in [-0.05, 0) is 44.6 Å². The molecule has 1 saturated carbocycles. The van der Waals surface area contributed by atoms with Gasteiger partial charge in [0.15, 0.2) is 5.96 Å². The Morgan fingerprint density at radius 2 is 2.08 bits per heavy atom. The summed E-state index contributed by atoms with van der Waals surface area (Å²) in [6.07, 6.45) is 7.01. The molecule has 1 saturated heterocycles. The van der Waals surface area contributed by atoms with Crippen LogP contribution in [0, 0.1) is 5.92 Å². The average Bonchev–Trinajstić information content (AvgIpc) is 3.04. The minimum atomic E-state index is -0.674. The highest BCUT2D eigenvalue weighted by Crippen LogP contribution is 2.23. The van der Waals surface area contributed by atoms with Crippen molar-refractivity contribution in [3.63, 3.8) is 0 Å². The Labute approximate surface area is 156 Å². The molecule has 0 aromatic rings. The molecule has 25 heavy (non-hydrogen) atoms. The fraction of sp³-hybridized carbons (Fsp3) is 0.947. The summed E-state index contributed by atoms with van der Waals surface area (Å²) in [5.41, 5.74) is 0. The number of rotatable bonds is 7. The molecule has 1 aliphatic heterocycles. The zero-order valence-corrected chi connectivity index (χ0v) is 17.4. The number of hydrogen-bond acceptors (Lipinski definition) is 3. The van der Waals surface area contributed by atoms with Crippen molar-refractivity contribution in [3.05, 3.63) is 0 Å². The summed E-state index contributed by atoms with van der Waals surface area (Å²) in [6, 6.07) is 1.02. The van der Waals surface area contributed by atoms with E-state index in [2.05, 4.69) is 34.4 Å². The van der Waals surface area contributed by atoms with Gasteiger partial charge in [0.05, 0.1) is 0 Å². The molecule has 1 aliphatic carbocycles. The quantitative estimate of drug-likeness (QED) is 0.533. The molecule has 2 N–H and O–H groups in total. The second-order valence-corrected chi connectivity index (χ2v) is 9.94. The van der Waals surface area contributed by atoms with Crippen LogP contribution in [0.15, 0.2) is 4.99 Å². The summed E-state index contributed by atoms with van der Waals surface area (Å²) < 4.78 is 12.1. The van der Waals surface area contributed by atoms with Gasteiger partial charge >= 0.3 is 0 Å². The van der Waals surface area contributed by atoms with E-state index in [0.29, 0.717) is 17.3 Å². The highest BCUT2D eigenvalue weighted by atomic mass is 32.2. The van der Waals surface area contributed by atoms with Crippen molar-refractivity contribution in [1.29, 1.82) is 0 Å². The van der Waals surface area contributed by atoms with Gasteiger partial charge in [-0.3, -0.25) is 14.1 Å². The lowest BCUT2D eigenvalue weighted by Crippen LogP contribution is -2.49. The maximum Gasteiger partial charge on any atom is 0.191 e. The van der Waals surface area contributed by atoms with E-state index in [1.54, 1.807) is 0 Å². The smallest absolute Gasteiger partial charge is 0.191 e. The molecule has 0 radical (unpaired) electrons. The standard InChI is InChI=1S/C19H38N4OS/c1-5-25(24)18-10-6-8-16(12-18)22-19(20-4)21-13-17-9-7-11-23(17)14-15(2)3/h15-18H,5-14H2,1-4H3,(H2,20,21,22)/t16?,17-,18?,25?/m1/s1. The van der Waals surface area contributed by atoms with Gasteiger partial charge in [0.1, 0.15) is 0 Å². The minimum absolute atomic E-state index is 0.353. The van der Waals surface area contributed by atoms with Crippen LogP contribution in [0.3, 0.4) is 0 Å². The molecule has 5 nitrogen and oxygen atoms in total. The second-order valence-electron chi connectivity index (χ2n) is 7.94. The monoisotopic (exact) mass is 370 g/mol. The third kappa shape index (κ3) is 6.55. The van der Waals surface area contributed by atoms with E-state index in [0.717, 1.165) is 49.9 Å². The predicted octanol–water partition coefficient (Wildman–Crippen LogP) is 2.35. The molecule has 0 amide bonds. The molecule has 3 unspecified atom stereocenters. The van der Waals surface area contributed by atoms with Gasteiger partial charge in [-0.2, -0.15) is 0 Å². The first-order valence-corrected chi connectivity index (χ1v) is 11.5. The van der Waals surface area contributed by atoms with Gasteiger partial charge < -0.3 is 10.6 Å². The lowest BCUT2D eigenvalue weighted by Gasteiger charge is -2.31. The second kappa shape index (κ2) is 10.5. The summed E-state index contributed by atoms with van der Waals surface area (Å²) in [4.78, 5) is 7.04. The normalized spacial score (nSPS) is 29.8. The molecular formula is C19H38N4OS. The van der Waals surface area contributed by atoms with Crippen LogP contribution >= 0.6 is 0 Å². The molecule has 0 aromatic heterocycles. The number of nitrogens with zero attached hydrogens (tertiary/aromatic N) is 2. The van der Waals surface area contributed by atoms with Gasteiger partial charge in [0.25, 0.3) is 0 Å². The van der Waals surface area contributed by atoms with Crippen LogP contribution in [0.1, 0.15) is 59.3 Å². The molecule has 2 aliphatic rings. The van der Waals surface area contributed by atoms with Crippen molar-refractivity contribution in [2.24, 2.45) is 10.9 Å². The van der Waals surface area contributed by atoms with E-state index < -0.39 is 10.8 Å². The number of nitrogens with one attached hydrogen (secondary N) is 2. The van der Waals surface area contributed by atoms with Crippen LogP contribution in [-0.2, 0) is 10.8 Å². The Morgan fingerprint density at radius 1 is 1.28 bits per heavy atom. The van der Waals surface area contributed by atoms with Gasteiger partial charge in [0.2, 0.25) is 0 Å². The van der Waals surface area contributed by atoms with Gasteiger partial charge in [-0.25, -0.2) is 0 Å². The van der Waals surface area contributed by atoms with Gasteiger partial charge in [0, 0.05) is 54.0 Å². The van der Waals surface area contributed by atoms with Crippen LogP contribution in [0.5, 0.6) is 0 Å². The molecule has 0 bridgehead atoms. The number of guanidine groups is 1. The van der Waals surface area contributed by atoms with Crippen LogP contribution in [-0.4, -0.2) is 64.8 Å². The van der Waals surface area contributed by atoms with Crippen molar-refractivity contribution < 1.29 is 4.21 Å². The summed E-state index contributed by atoms with van der Waals surface area (Å²) in [6.45, 7) is 9.99. The van der Waals surface area contributed by atoms with Crippen LogP contribution in [0.25, 0.3) is 0 Å². The Bertz CT molecular complexity index is 455. The Kier molecular flexibility index (Phi) is 8.70. The van der Waals surface area contributed by atoms with Gasteiger partial charge in [-0.15, -0.1) is 0 Å². The van der Waals surface area contributed by atoms with E-state index in [4.69, 9.17) is 0 Å². The number of aliphatic imine (C=N–C) groups is 1. The zero-order chi connectivity index (χ0) is 18.2. The molecule has 146 valence electrons. The third-order valence-corrected chi connectivity index (χ3v) is 7.19. The van der Waals surface area contributed by atoms with Crippen molar-refractivity contribution in [2.75, 3.05) is 32.4 Å². The topological polar surface area (TPSA) is 56.7 Å². The van der Waals surface area contributed by atoms with Crippen molar-refractivity contribution in [3.8, 4) is 0 Å². The van der Waals surface area contributed by atoms with E-state index in [-0.39, 0.29) is 0 Å². The molecule has 2 fully saturated rings. The minimum Gasteiger partial charge on any atom is -0.355 e. The first-order chi connectivity index (χ1) is 12.0. The number of hydrogen-bond donors (Lipinski definition) is 2. The van der Waals surface area contributed by atoms with E-state index in [1.807, 2.05) is 14.0 Å². The maximum absolute atomic E-state index is 12.1.